The van der Waals surface area contributed by atoms with Crippen LogP contribution >= 0.6 is 0 Å². The maximum Gasteiger partial charge on any atom is 0.252 e. The number of rotatable bonds is 7. The number of carbonyl (C=O) groups is 1. The van der Waals surface area contributed by atoms with Crippen molar-refractivity contribution < 1.29 is 9.53 Å². The Kier molecular flexibility index (Phi) is 6.52. The third-order valence-corrected chi connectivity index (χ3v) is 5.27. The number of anilines is 1. The van der Waals surface area contributed by atoms with Crippen LogP contribution in [0.5, 0.6) is 0 Å². The minimum atomic E-state index is -0.392. The summed E-state index contributed by atoms with van der Waals surface area (Å²) in [7, 11) is 3.80. The monoisotopic (exact) mass is 417 g/mol. The minimum absolute atomic E-state index is 0.00154. The van der Waals surface area contributed by atoms with Crippen LogP contribution in [-0.4, -0.2) is 52.6 Å². The Morgan fingerprint density at radius 3 is 2.55 bits per heavy atom. The molecule has 160 valence electrons. The van der Waals surface area contributed by atoms with Crippen LogP contribution in [0.2, 0.25) is 0 Å². The molecule has 7 heteroatoms. The molecule has 1 amide bonds. The summed E-state index contributed by atoms with van der Waals surface area (Å²) >= 11 is 0. The second-order valence-electron chi connectivity index (χ2n) is 7.82. The first-order chi connectivity index (χ1) is 15.1. The van der Waals surface area contributed by atoms with Gasteiger partial charge < -0.3 is 14.5 Å². The van der Waals surface area contributed by atoms with Crippen molar-refractivity contribution in [1.29, 1.82) is 0 Å². The summed E-state index contributed by atoms with van der Waals surface area (Å²) in [6.07, 6.45) is 4.81. The fourth-order valence-electron chi connectivity index (χ4n) is 3.65. The van der Waals surface area contributed by atoms with Gasteiger partial charge in [-0.2, -0.15) is 0 Å². The number of benzene rings is 1. The van der Waals surface area contributed by atoms with Crippen molar-refractivity contribution in [2.45, 2.75) is 32.0 Å². The number of pyridine rings is 1. The maximum atomic E-state index is 13.4. The molecule has 0 aliphatic carbocycles. The minimum Gasteiger partial charge on any atom is -0.368 e. The van der Waals surface area contributed by atoms with Crippen molar-refractivity contribution in [2.24, 2.45) is 0 Å². The summed E-state index contributed by atoms with van der Waals surface area (Å²) < 4.78 is 5.70. The number of nitrogens with zero attached hydrogens (tertiary/aromatic N) is 5. The molecule has 0 unspecified atom stereocenters. The molecular weight excluding hydrogens is 390 g/mol. The normalized spacial score (nSPS) is 15.6. The maximum absolute atomic E-state index is 13.4. The Morgan fingerprint density at radius 1 is 1.06 bits per heavy atom. The number of carbonyl (C=O) groups excluding carboxylic acids is 1. The molecule has 0 bridgehead atoms. The zero-order chi connectivity index (χ0) is 21.6. The van der Waals surface area contributed by atoms with Crippen molar-refractivity contribution in [2.75, 3.05) is 25.6 Å². The second kappa shape index (κ2) is 9.66. The Labute approximate surface area is 182 Å². The summed E-state index contributed by atoms with van der Waals surface area (Å²) in [4.78, 5) is 30.8. The Morgan fingerprint density at radius 2 is 1.87 bits per heavy atom. The van der Waals surface area contributed by atoms with Gasteiger partial charge in [0.05, 0.1) is 17.9 Å². The van der Waals surface area contributed by atoms with Gasteiger partial charge in [0.25, 0.3) is 5.91 Å². The lowest BCUT2D eigenvalue weighted by atomic mass is 10.1. The van der Waals surface area contributed by atoms with Crippen LogP contribution in [0.3, 0.4) is 0 Å². The quantitative estimate of drug-likeness (QED) is 0.587. The molecule has 1 saturated heterocycles. The summed E-state index contributed by atoms with van der Waals surface area (Å²) in [6.45, 7) is 1.47. The largest absolute Gasteiger partial charge is 0.368 e. The van der Waals surface area contributed by atoms with E-state index in [1.54, 1.807) is 12.4 Å². The average Bonchev–Trinajstić information content (AvgIpc) is 3.34. The summed E-state index contributed by atoms with van der Waals surface area (Å²) in [6, 6.07) is 15.7. The zero-order valence-corrected chi connectivity index (χ0v) is 17.9. The molecule has 1 fully saturated rings. The highest BCUT2D eigenvalue weighted by atomic mass is 16.5. The number of hydrogen-bond donors (Lipinski definition) is 0. The standard InChI is InChI=1S/C24H27N5O2/c1-28(2)24-26-15-19(20-11-6-7-13-25-20)21(27-24)17-29(16-18-9-4-3-5-10-18)23(30)22-12-8-14-31-22/h3-7,9-11,13,15,22H,8,12,14,16-17H2,1-2H3/t22-/m1/s1. The van der Waals surface area contributed by atoms with Gasteiger partial charge in [-0.1, -0.05) is 36.4 Å². The summed E-state index contributed by atoms with van der Waals surface area (Å²) in [5.74, 6) is 0.595. The first-order valence-corrected chi connectivity index (χ1v) is 10.5. The summed E-state index contributed by atoms with van der Waals surface area (Å²) in [5.41, 5.74) is 3.44. The van der Waals surface area contributed by atoms with Crippen molar-refractivity contribution >= 4 is 11.9 Å². The Hall–Kier alpha value is -3.32. The van der Waals surface area contributed by atoms with Crippen molar-refractivity contribution in [3.05, 3.63) is 72.2 Å². The van der Waals surface area contributed by atoms with Crippen molar-refractivity contribution in [3.63, 3.8) is 0 Å². The molecule has 7 nitrogen and oxygen atoms in total. The first-order valence-electron chi connectivity index (χ1n) is 10.5. The van der Waals surface area contributed by atoms with E-state index in [9.17, 15) is 4.79 Å². The molecule has 0 radical (unpaired) electrons. The average molecular weight is 418 g/mol. The molecule has 3 aromatic rings. The van der Waals surface area contributed by atoms with Gasteiger partial charge in [0.15, 0.2) is 0 Å². The fourth-order valence-corrected chi connectivity index (χ4v) is 3.65. The second-order valence-corrected chi connectivity index (χ2v) is 7.82. The molecule has 31 heavy (non-hydrogen) atoms. The van der Waals surface area contributed by atoms with E-state index in [-0.39, 0.29) is 5.91 Å². The molecule has 0 spiro atoms. The number of amides is 1. The molecule has 0 saturated carbocycles. The van der Waals surface area contributed by atoms with Crippen LogP contribution < -0.4 is 4.90 Å². The van der Waals surface area contributed by atoms with Crippen LogP contribution in [0.1, 0.15) is 24.1 Å². The molecule has 4 rings (SSSR count). The van der Waals surface area contributed by atoms with Crippen LogP contribution in [0, 0.1) is 0 Å². The van der Waals surface area contributed by atoms with E-state index in [0.29, 0.717) is 25.6 Å². The highest BCUT2D eigenvalue weighted by Gasteiger charge is 2.29. The number of ether oxygens (including phenoxy) is 1. The van der Waals surface area contributed by atoms with Crippen LogP contribution in [0.15, 0.2) is 60.9 Å². The van der Waals surface area contributed by atoms with Crippen LogP contribution in [0.4, 0.5) is 5.95 Å². The molecule has 1 aliphatic rings. The van der Waals surface area contributed by atoms with Gasteiger partial charge in [0.2, 0.25) is 5.95 Å². The molecule has 0 N–H and O–H groups in total. The lowest BCUT2D eigenvalue weighted by Gasteiger charge is -2.26. The van der Waals surface area contributed by atoms with Crippen LogP contribution in [-0.2, 0) is 22.6 Å². The lowest BCUT2D eigenvalue weighted by molar-refractivity contribution is -0.142. The van der Waals surface area contributed by atoms with E-state index in [4.69, 9.17) is 9.72 Å². The SMILES string of the molecule is CN(C)c1ncc(-c2ccccn2)c(CN(Cc2ccccc2)C(=O)[C@H]2CCCO2)n1. The summed E-state index contributed by atoms with van der Waals surface area (Å²) in [5, 5.41) is 0. The zero-order valence-electron chi connectivity index (χ0n) is 17.9. The van der Waals surface area contributed by atoms with E-state index < -0.39 is 6.10 Å². The van der Waals surface area contributed by atoms with Gasteiger partial charge in [-0.05, 0) is 30.5 Å². The molecule has 3 heterocycles. The Bertz CT molecular complexity index is 1000. The van der Waals surface area contributed by atoms with E-state index in [1.165, 1.54) is 0 Å². The van der Waals surface area contributed by atoms with E-state index in [1.807, 2.05) is 72.4 Å². The van der Waals surface area contributed by atoms with Gasteiger partial charge in [-0.15, -0.1) is 0 Å². The van der Waals surface area contributed by atoms with Crippen molar-refractivity contribution in [3.8, 4) is 11.3 Å². The smallest absolute Gasteiger partial charge is 0.252 e. The molecule has 1 aromatic carbocycles. The molecule has 1 aliphatic heterocycles. The van der Waals surface area contributed by atoms with E-state index in [0.717, 1.165) is 35.4 Å². The molecule has 2 aromatic heterocycles. The molecular formula is C24H27N5O2. The third-order valence-electron chi connectivity index (χ3n) is 5.27. The van der Waals surface area contributed by atoms with E-state index in [2.05, 4.69) is 9.97 Å². The first kappa shape index (κ1) is 20.9. The Balaban J connectivity index is 1.70. The lowest BCUT2D eigenvalue weighted by Crippen LogP contribution is -2.38. The van der Waals surface area contributed by atoms with Crippen molar-refractivity contribution in [1.82, 2.24) is 19.9 Å². The predicted molar refractivity (Wildman–Crippen MR) is 119 cm³/mol. The van der Waals surface area contributed by atoms with Gasteiger partial charge in [0, 0.05) is 45.2 Å². The van der Waals surface area contributed by atoms with Gasteiger partial charge in [0.1, 0.15) is 6.10 Å². The van der Waals surface area contributed by atoms with Crippen LogP contribution in [0.25, 0.3) is 11.3 Å². The fraction of sp³-hybridized carbons (Fsp3) is 0.333. The highest BCUT2D eigenvalue weighted by Crippen LogP contribution is 2.25. The third kappa shape index (κ3) is 5.06. The number of hydrogen-bond acceptors (Lipinski definition) is 6. The number of aromatic nitrogens is 3. The highest BCUT2D eigenvalue weighted by molar-refractivity contribution is 5.81. The van der Waals surface area contributed by atoms with Gasteiger partial charge >= 0.3 is 0 Å². The van der Waals surface area contributed by atoms with Gasteiger partial charge in [-0.3, -0.25) is 9.78 Å². The molecule has 1 atom stereocenters. The van der Waals surface area contributed by atoms with E-state index >= 15 is 0 Å². The van der Waals surface area contributed by atoms with Gasteiger partial charge in [-0.25, -0.2) is 9.97 Å². The topological polar surface area (TPSA) is 71.5 Å². The predicted octanol–water partition coefficient (Wildman–Crippen LogP) is 3.31.